The van der Waals surface area contributed by atoms with Crippen LogP contribution in [-0.4, -0.2) is 13.1 Å². The van der Waals surface area contributed by atoms with E-state index in [0.29, 0.717) is 0 Å². The van der Waals surface area contributed by atoms with Gasteiger partial charge < -0.3 is 10.6 Å². The van der Waals surface area contributed by atoms with Crippen LogP contribution in [0, 0.1) is 6.92 Å². The van der Waals surface area contributed by atoms with Gasteiger partial charge in [0.05, 0.1) is 0 Å². The van der Waals surface area contributed by atoms with E-state index in [9.17, 15) is 0 Å². The zero-order valence-corrected chi connectivity index (χ0v) is 11.9. The van der Waals surface area contributed by atoms with E-state index in [-0.39, 0.29) is 6.04 Å². The van der Waals surface area contributed by atoms with Gasteiger partial charge >= 0.3 is 0 Å². The average molecular weight is 254 g/mol. The van der Waals surface area contributed by atoms with E-state index < -0.39 is 0 Å². The van der Waals surface area contributed by atoms with E-state index in [2.05, 4.69) is 67.4 Å². The first kappa shape index (κ1) is 13.6. The summed E-state index contributed by atoms with van der Waals surface area (Å²) in [5.41, 5.74) is 10.9. The van der Waals surface area contributed by atoms with Gasteiger partial charge in [-0.05, 0) is 49.6 Å². The lowest BCUT2D eigenvalue weighted by atomic mass is 10.0. The van der Waals surface area contributed by atoms with Crippen LogP contribution in [0.25, 0.3) is 0 Å². The lowest BCUT2D eigenvalue weighted by Crippen LogP contribution is -2.20. The standard InChI is InChI=1S/C17H22N2/c1-13-7-6-9-16(11-13)19(3)17-10-5-4-8-15(17)12-14(2)18/h4-11,14H,12,18H2,1-3H3. The third kappa shape index (κ3) is 3.36. The Balaban J connectivity index is 2.35. The lowest BCUT2D eigenvalue weighted by molar-refractivity contribution is 0.737. The molecule has 100 valence electrons. The minimum atomic E-state index is 0.173. The number of para-hydroxylation sites is 1. The third-order valence-electron chi connectivity index (χ3n) is 3.28. The second-order valence-electron chi connectivity index (χ2n) is 5.21. The van der Waals surface area contributed by atoms with Gasteiger partial charge in [0, 0.05) is 24.5 Å². The molecular formula is C17H22N2. The van der Waals surface area contributed by atoms with Crippen LogP contribution >= 0.6 is 0 Å². The molecule has 0 radical (unpaired) electrons. The first-order valence-corrected chi connectivity index (χ1v) is 6.72. The van der Waals surface area contributed by atoms with Crippen LogP contribution in [-0.2, 0) is 6.42 Å². The van der Waals surface area contributed by atoms with Crippen LogP contribution in [0.15, 0.2) is 48.5 Å². The monoisotopic (exact) mass is 254 g/mol. The molecule has 2 nitrogen and oxygen atoms in total. The van der Waals surface area contributed by atoms with E-state index in [1.165, 1.54) is 22.5 Å². The summed E-state index contributed by atoms with van der Waals surface area (Å²) in [5, 5.41) is 0. The molecule has 0 spiro atoms. The Bertz CT molecular complexity index is 546. The van der Waals surface area contributed by atoms with Crippen molar-refractivity contribution in [1.29, 1.82) is 0 Å². The molecule has 1 unspecified atom stereocenters. The van der Waals surface area contributed by atoms with Crippen molar-refractivity contribution in [3.63, 3.8) is 0 Å². The summed E-state index contributed by atoms with van der Waals surface area (Å²) in [4.78, 5) is 2.23. The summed E-state index contributed by atoms with van der Waals surface area (Å²) in [6.07, 6.45) is 0.895. The molecule has 0 saturated carbocycles. The molecule has 0 aliphatic heterocycles. The van der Waals surface area contributed by atoms with Gasteiger partial charge in [-0.15, -0.1) is 0 Å². The van der Waals surface area contributed by atoms with Gasteiger partial charge in [0.1, 0.15) is 0 Å². The second kappa shape index (κ2) is 5.89. The SMILES string of the molecule is Cc1cccc(N(C)c2ccccc2CC(C)N)c1. The number of hydrogen-bond acceptors (Lipinski definition) is 2. The highest BCUT2D eigenvalue weighted by molar-refractivity contribution is 5.66. The van der Waals surface area contributed by atoms with Crippen LogP contribution in [0.1, 0.15) is 18.1 Å². The molecule has 0 heterocycles. The summed E-state index contributed by atoms with van der Waals surface area (Å²) in [7, 11) is 2.11. The highest BCUT2D eigenvalue weighted by Gasteiger charge is 2.10. The van der Waals surface area contributed by atoms with Crippen molar-refractivity contribution in [1.82, 2.24) is 0 Å². The Morgan fingerprint density at radius 3 is 2.53 bits per heavy atom. The van der Waals surface area contributed by atoms with Crippen LogP contribution in [0.5, 0.6) is 0 Å². The average Bonchev–Trinajstić information content (AvgIpc) is 2.38. The van der Waals surface area contributed by atoms with Crippen LogP contribution in [0.4, 0.5) is 11.4 Å². The molecule has 2 aromatic rings. The molecule has 0 amide bonds. The van der Waals surface area contributed by atoms with Crippen LogP contribution in [0.2, 0.25) is 0 Å². The van der Waals surface area contributed by atoms with E-state index in [1.54, 1.807) is 0 Å². The molecule has 2 heteroatoms. The van der Waals surface area contributed by atoms with Crippen molar-refractivity contribution in [2.45, 2.75) is 26.3 Å². The largest absolute Gasteiger partial charge is 0.344 e. The van der Waals surface area contributed by atoms with Gasteiger partial charge in [-0.25, -0.2) is 0 Å². The number of benzene rings is 2. The lowest BCUT2D eigenvalue weighted by Gasteiger charge is -2.23. The zero-order chi connectivity index (χ0) is 13.8. The molecular weight excluding hydrogens is 232 g/mol. The van der Waals surface area contributed by atoms with Gasteiger partial charge in [-0.1, -0.05) is 30.3 Å². The third-order valence-corrected chi connectivity index (χ3v) is 3.28. The first-order chi connectivity index (χ1) is 9.08. The Morgan fingerprint density at radius 1 is 1.11 bits per heavy atom. The fraction of sp³-hybridized carbons (Fsp3) is 0.294. The van der Waals surface area contributed by atoms with E-state index >= 15 is 0 Å². The molecule has 19 heavy (non-hydrogen) atoms. The number of anilines is 2. The minimum absolute atomic E-state index is 0.173. The first-order valence-electron chi connectivity index (χ1n) is 6.72. The molecule has 1 atom stereocenters. The molecule has 0 aliphatic rings. The molecule has 2 aromatic carbocycles. The maximum atomic E-state index is 5.94. The van der Waals surface area contributed by atoms with Crippen molar-refractivity contribution in [3.8, 4) is 0 Å². The van der Waals surface area contributed by atoms with E-state index in [0.717, 1.165) is 6.42 Å². The highest BCUT2D eigenvalue weighted by Crippen LogP contribution is 2.28. The van der Waals surface area contributed by atoms with Gasteiger partial charge in [0.15, 0.2) is 0 Å². The zero-order valence-electron chi connectivity index (χ0n) is 11.9. The second-order valence-corrected chi connectivity index (χ2v) is 5.21. The fourth-order valence-electron chi connectivity index (χ4n) is 2.33. The van der Waals surface area contributed by atoms with E-state index in [1.807, 2.05) is 6.92 Å². The topological polar surface area (TPSA) is 29.3 Å². The predicted molar refractivity (Wildman–Crippen MR) is 83.0 cm³/mol. The maximum absolute atomic E-state index is 5.94. The molecule has 2 rings (SSSR count). The number of nitrogens with two attached hydrogens (primary N) is 1. The number of hydrogen-bond donors (Lipinski definition) is 1. The quantitative estimate of drug-likeness (QED) is 0.902. The highest BCUT2D eigenvalue weighted by atomic mass is 15.1. The van der Waals surface area contributed by atoms with Crippen molar-refractivity contribution in [3.05, 3.63) is 59.7 Å². The Labute approximate surface area is 115 Å². The maximum Gasteiger partial charge on any atom is 0.0441 e. The van der Waals surface area contributed by atoms with Crippen LogP contribution < -0.4 is 10.6 Å². The van der Waals surface area contributed by atoms with Gasteiger partial charge in [0.2, 0.25) is 0 Å². The van der Waals surface area contributed by atoms with Crippen molar-refractivity contribution in [2.75, 3.05) is 11.9 Å². The van der Waals surface area contributed by atoms with Gasteiger partial charge in [-0.2, -0.15) is 0 Å². The Hall–Kier alpha value is -1.80. The molecule has 0 aliphatic carbocycles. The van der Waals surface area contributed by atoms with E-state index in [4.69, 9.17) is 5.73 Å². The number of rotatable bonds is 4. The summed E-state index contributed by atoms with van der Waals surface area (Å²) >= 11 is 0. The normalized spacial score (nSPS) is 12.2. The number of nitrogens with zero attached hydrogens (tertiary/aromatic N) is 1. The smallest absolute Gasteiger partial charge is 0.0441 e. The summed E-state index contributed by atoms with van der Waals surface area (Å²) < 4.78 is 0. The summed E-state index contributed by atoms with van der Waals surface area (Å²) in [5.74, 6) is 0. The number of aryl methyl sites for hydroxylation is 1. The summed E-state index contributed by atoms with van der Waals surface area (Å²) in [6.45, 7) is 4.16. The molecule has 0 saturated heterocycles. The molecule has 0 bridgehead atoms. The van der Waals surface area contributed by atoms with Gasteiger partial charge in [0.25, 0.3) is 0 Å². The van der Waals surface area contributed by atoms with Crippen molar-refractivity contribution >= 4 is 11.4 Å². The van der Waals surface area contributed by atoms with Crippen molar-refractivity contribution < 1.29 is 0 Å². The molecule has 0 fully saturated rings. The summed E-state index contributed by atoms with van der Waals surface area (Å²) in [6, 6.07) is 17.2. The fourth-order valence-corrected chi connectivity index (χ4v) is 2.33. The minimum Gasteiger partial charge on any atom is -0.344 e. The molecule has 2 N–H and O–H groups in total. The Kier molecular flexibility index (Phi) is 4.23. The Morgan fingerprint density at radius 2 is 1.84 bits per heavy atom. The predicted octanol–water partition coefficient (Wildman–Crippen LogP) is 3.65. The van der Waals surface area contributed by atoms with Crippen LogP contribution in [0.3, 0.4) is 0 Å². The van der Waals surface area contributed by atoms with Crippen molar-refractivity contribution in [2.24, 2.45) is 5.73 Å². The van der Waals surface area contributed by atoms with Gasteiger partial charge in [-0.3, -0.25) is 0 Å². The molecule has 0 aromatic heterocycles.